The summed E-state index contributed by atoms with van der Waals surface area (Å²) in [5.41, 5.74) is 1.09. The first-order valence-corrected chi connectivity index (χ1v) is 3.83. The van der Waals surface area contributed by atoms with Gasteiger partial charge in [0.1, 0.15) is 0 Å². The molecule has 0 saturated carbocycles. The molecule has 0 spiro atoms. The molecule has 0 fully saturated rings. The third-order valence-corrected chi connectivity index (χ3v) is 1.92. The third kappa shape index (κ3) is 1.41. The molecule has 0 aromatic rings. The molecule has 0 aromatic carbocycles. The number of rotatable bonds is 1. The largest absolute Gasteiger partial charge is 0.462 e. The second-order valence-electron chi connectivity index (χ2n) is 2.86. The number of fused-ring (bicyclic) bond motifs is 1. The number of aliphatic imine (C=N–C) groups is 1. The average molecular weight is 178 g/mol. The van der Waals surface area contributed by atoms with Crippen LogP contribution in [0.1, 0.15) is 0 Å². The molecule has 13 heavy (non-hydrogen) atoms. The highest BCUT2D eigenvalue weighted by Gasteiger charge is 2.27. The van der Waals surface area contributed by atoms with Gasteiger partial charge in [-0.25, -0.2) is 4.79 Å². The van der Waals surface area contributed by atoms with Crippen LogP contribution >= 0.6 is 0 Å². The van der Waals surface area contributed by atoms with Gasteiger partial charge >= 0.3 is 13.1 Å². The first kappa shape index (κ1) is 8.21. The summed E-state index contributed by atoms with van der Waals surface area (Å²) >= 11 is 0. The summed E-state index contributed by atoms with van der Waals surface area (Å²) in [6, 6.07) is -0.418. The lowest BCUT2D eigenvalue weighted by atomic mass is 9.70. The smallest absolute Gasteiger partial charge is 0.426 e. The second kappa shape index (κ2) is 2.83. The number of carbonyl (C=O) groups is 1. The van der Waals surface area contributed by atoms with E-state index in [4.69, 9.17) is 10.0 Å². The lowest BCUT2D eigenvalue weighted by molar-refractivity contribution is 0.253. The van der Waals surface area contributed by atoms with Crippen molar-refractivity contribution < 1.29 is 14.8 Å². The summed E-state index contributed by atoms with van der Waals surface area (Å²) in [4.78, 5) is 14.4. The van der Waals surface area contributed by atoms with Crippen molar-refractivity contribution in [3.05, 3.63) is 23.9 Å². The topological polar surface area (TPSA) is 81.9 Å². The number of nitrogens with one attached hydrogen (secondary N) is 1. The highest BCUT2D eigenvalue weighted by atomic mass is 16.4. The molecule has 0 unspecified atom stereocenters. The predicted octanol–water partition coefficient (Wildman–Crippen LogP) is -0.553. The van der Waals surface area contributed by atoms with Crippen LogP contribution < -0.4 is 5.32 Å². The minimum atomic E-state index is -1.44. The molecule has 0 saturated heterocycles. The Morgan fingerprint density at radius 1 is 1.54 bits per heavy atom. The van der Waals surface area contributed by atoms with Gasteiger partial charge in [-0.05, 0) is 6.08 Å². The van der Waals surface area contributed by atoms with Gasteiger partial charge in [0, 0.05) is 5.82 Å². The monoisotopic (exact) mass is 178 g/mol. The quantitative estimate of drug-likeness (QED) is 0.471. The van der Waals surface area contributed by atoms with Gasteiger partial charge in [-0.2, -0.15) is 4.99 Å². The molecule has 1 atom stereocenters. The van der Waals surface area contributed by atoms with Gasteiger partial charge in [0.25, 0.3) is 0 Å². The lowest BCUT2D eigenvalue weighted by Crippen LogP contribution is -2.23. The molecule has 2 amide bonds. The fourth-order valence-corrected chi connectivity index (χ4v) is 1.27. The summed E-state index contributed by atoms with van der Waals surface area (Å²) < 4.78 is 0. The van der Waals surface area contributed by atoms with E-state index in [1.807, 2.05) is 0 Å². The van der Waals surface area contributed by atoms with E-state index in [2.05, 4.69) is 10.3 Å². The van der Waals surface area contributed by atoms with Gasteiger partial charge in [0.2, 0.25) is 0 Å². The van der Waals surface area contributed by atoms with Gasteiger partial charge in [-0.3, -0.25) is 0 Å². The number of allylic oxidation sites excluding steroid dienone is 3. The zero-order valence-corrected chi connectivity index (χ0v) is 6.64. The summed E-state index contributed by atoms with van der Waals surface area (Å²) in [5, 5.41) is 20.2. The van der Waals surface area contributed by atoms with Crippen molar-refractivity contribution in [1.29, 1.82) is 0 Å². The van der Waals surface area contributed by atoms with E-state index >= 15 is 0 Å². The van der Waals surface area contributed by atoms with E-state index in [-0.39, 0.29) is 0 Å². The van der Waals surface area contributed by atoms with Crippen molar-refractivity contribution in [2.45, 2.75) is 5.82 Å². The second-order valence-corrected chi connectivity index (χ2v) is 2.86. The molecule has 0 aromatic heterocycles. The molecule has 2 aliphatic rings. The molecule has 66 valence electrons. The summed E-state index contributed by atoms with van der Waals surface area (Å²) in [7, 11) is -1.44. The van der Waals surface area contributed by atoms with Crippen molar-refractivity contribution in [2.24, 2.45) is 4.99 Å². The zero-order valence-electron chi connectivity index (χ0n) is 6.64. The van der Waals surface area contributed by atoms with Crippen molar-refractivity contribution >= 4 is 18.9 Å². The first-order chi connectivity index (χ1) is 6.16. The van der Waals surface area contributed by atoms with E-state index in [9.17, 15) is 4.79 Å². The van der Waals surface area contributed by atoms with Crippen molar-refractivity contribution in [3.8, 4) is 0 Å². The Labute approximate surface area is 74.6 Å². The van der Waals surface area contributed by atoms with Crippen LogP contribution in [-0.2, 0) is 0 Å². The Hall–Kier alpha value is -1.40. The van der Waals surface area contributed by atoms with E-state index < -0.39 is 19.0 Å². The van der Waals surface area contributed by atoms with Crippen LogP contribution in [0.15, 0.2) is 28.9 Å². The summed E-state index contributed by atoms with van der Waals surface area (Å²) in [6.07, 6.45) is 4.75. The maximum atomic E-state index is 10.8. The number of urea groups is 1. The fraction of sp³-hybridized carbons (Fsp3) is 0.143. The minimum Gasteiger partial charge on any atom is -0.426 e. The molecule has 0 bridgehead atoms. The Kier molecular flexibility index (Phi) is 1.79. The van der Waals surface area contributed by atoms with Crippen LogP contribution in [0.5, 0.6) is 0 Å². The van der Waals surface area contributed by atoms with E-state index in [0.717, 1.165) is 0 Å². The number of hydrogen-bond donors (Lipinski definition) is 3. The van der Waals surface area contributed by atoms with Crippen LogP contribution in [0.25, 0.3) is 0 Å². The Bertz CT molecular complexity index is 346. The molecule has 3 N–H and O–H groups in total. The normalized spacial score (nSPS) is 24.8. The minimum absolute atomic E-state index is 0.418. The Morgan fingerprint density at radius 2 is 2.31 bits per heavy atom. The summed E-state index contributed by atoms with van der Waals surface area (Å²) in [5.74, 6) is -0.479. The SMILES string of the molecule is O=C1N=C2C=C[C@H](B(O)O)C=C2N1. The molecular weight excluding hydrogens is 171 g/mol. The van der Waals surface area contributed by atoms with Gasteiger partial charge in [0.05, 0.1) is 11.4 Å². The van der Waals surface area contributed by atoms with Crippen LogP contribution in [-0.4, -0.2) is 28.9 Å². The molecule has 5 nitrogen and oxygen atoms in total. The van der Waals surface area contributed by atoms with Crippen molar-refractivity contribution in [1.82, 2.24) is 5.32 Å². The van der Waals surface area contributed by atoms with Crippen LogP contribution in [0.3, 0.4) is 0 Å². The number of hydrogen-bond acceptors (Lipinski definition) is 3. The average Bonchev–Trinajstić information content (AvgIpc) is 2.42. The predicted molar refractivity (Wildman–Crippen MR) is 47.1 cm³/mol. The molecule has 1 aliphatic heterocycles. The Balaban J connectivity index is 2.27. The number of amides is 2. The number of nitrogens with zero attached hydrogens (tertiary/aromatic N) is 1. The van der Waals surface area contributed by atoms with Gasteiger partial charge in [0.15, 0.2) is 0 Å². The maximum Gasteiger partial charge on any atom is 0.462 e. The summed E-state index contributed by atoms with van der Waals surface area (Å²) in [6.45, 7) is 0. The van der Waals surface area contributed by atoms with Crippen LogP contribution in [0.4, 0.5) is 4.79 Å². The molecular formula is C7H7BN2O3. The van der Waals surface area contributed by atoms with Crippen molar-refractivity contribution in [2.75, 3.05) is 0 Å². The van der Waals surface area contributed by atoms with Crippen molar-refractivity contribution in [3.63, 3.8) is 0 Å². The Morgan fingerprint density at radius 3 is 3.00 bits per heavy atom. The number of carbonyl (C=O) groups excluding carboxylic acids is 1. The lowest BCUT2D eigenvalue weighted by Gasteiger charge is -2.12. The third-order valence-electron chi connectivity index (χ3n) is 1.92. The highest BCUT2D eigenvalue weighted by Crippen LogP contribution is 2.21. The maximum absolute atomic E-state index is 10.8. The van der Waals surface area contributed by atoms with Crippen LogP contribution in [0.2, 0.25) is 5.82 Å². The van der Waals surface area contributed by atoms with E-state index in [1.54, 1.807) is 18.2 Å². The zero-order chi connectivity index (χ0) is 9.42. The van der Waals surface area contributed by atoms with E-state index in [0.29, 0.717) is 11.4 Å². The molecule has 0 radical (unpaired) electrons. The van der Waals surface area contributed by atoms with Gasteiger partial charge in [-0.15, -0.1) is 0 Å². The molecule has 6 heteroatoms. The molecule has 1 aliphatic carbocycles. The van der Waals surface area contributed by atoms with Crippen LogP contribution in [0, 0.1) is 0 Å². The highest BCUT2D eigenvalue weighted by molar-refractivity contribution is 6.45. The van der Waals surface area contributed by atoms with Gasteiger partial charge < -0.3 is 15.4 Å². The van der Waals surface area contributed by atoms with Gasteiger partial charge in [-0.1, -0.05) is 12.2 Å². The first-order valence-electron chi connectivity index (χ1n) is 3.83. The van der Waals surface area contributed by atoms with E-state index in [1.165, 1.54) is 0 Å². The fourth-order valence-electron chi connectivity index (χ4n) is 1.27. The molecule has 1 heterocycles. The molecule has 2 rings (SSSR count). The standard InChI is InChI=1S/C7H7BN2O3/c11-7-9-5-2-1-4(8(12)13)3-6(5)10-7/h1-4,12-13H,(H,10,11)/t4-/m0/s1.